The zero-order valence-electron chi connectivity index (χ0n) is 17.1. The number of guanidine groups is 1. The van der Waals surface area contributed by atoms with Crippen LogP contribution in [0.15, 0.2) is 34.6 Å². The Balaban J connectivity index is 0.00000392. The molecule has 0 aliphatic rings. The molecule has 156 valence electrons. The first-order valence-electron chi connectivity index (χ1n) is 8.87. The third kappa shape index (κ3) is 7.05. The first-order valence-corrected chi connectivity index (χ1v) is 9.75. The van der Waals surface area contributed by atoms with E-state index in [-0.39, 0.29) is 24.0 Å². The Labute approximate surface area is 188 Å². The third-order valence-corrected chi connectivity index (χ3v) is 5.05. The Hall–Kier alpha value is -1.68. The maximum absolute atomic E-state index is 5.40. The molecular formula is C20H30IN3O3S. The number of nitrogens with zero attached hydrogens (tertiary/aromatic N) is 1. The van der Waals surface area contributed by atoms with Crippen molar-refractivity contribution < 1.29 is 14.2 Å². The Bertz CT molecular complexity index is 713. The summed E-state index contributed by atoms with van der Waals surface area (Å²) < 4.78 is 16.2. The maximum atomic E-state index is 5.40. The summed E-state index contributed by atoms with van der Waals surface area (Å²) in [7, 11) is 6.60. The van der Waals surface area contributed by atoms with Gasteiger partial charge in [0.25, 0.3) is 0 Å². The van der Waals surface area contributed by atoms with Gasteiger partial charge in [-0.05, 0) is 41.5 Å². The van der Waals surface area contributed by atoms with Crippen LogP contribution >= 0.6 is 35.3 Å². The lowest BCUT2D eigenvalue weighted by Gasteiger charge is -2.17. The van der Waals surface area contributed by atoms with Gasteiger partial charge in [0.15, 0.2) is 17.5 Å². The van der Waals surface area contributed by atoms with Crippen LogP contribution in [-0.4, -0.2) is 40.9 Å². The van der Waals surface area contributed by atoms with Crippen LogP contribution in [0.2, 0.25) is 0 Å². The number of benzene rings is 1. The molecule has 28 heavy (non-hydrogen) atoms. The second kappa shape index (κ2) is 12.7. The Morgan fingerprint density at radius 1 is 1.11 bits per heavy atom. The average molecular weight is 519 g/mol. The van der Waals surface area contributed by atoms with E-state index in [1.807, 2.05) is 12.1 Å². The van der Waals surface area contributed by atoms with Crippen molar-refractivity contribution >= 4 is 41.3 Å². The normalized spacial score (nSPS) is 12.0. The molecule has 1 heterocycles. The summed E-state index contributed by atoms with van der Waals surface area (Å²) >= 11 is 1.80. The van der Waals surface area contributed by atoms with Gasteiger partial charge in [0, 0.05) is 25.0 Å². The Morgan fingerprint density at radius 2 is 1.79 bits per heavy atom. The summed E-state index contributed by atoms with van der Waals surface area (Å²) in [4.78, 5) is 5.71. The molecule has 8 heteroatoms. The summed E-state index contributed by atoms with van der Waals surface area (Å²) in [5.74, 6) is 3.15. The van der Waals surface area contributed by atoms with Crippen molar-refractivity contribution in [2.75, 3.05) is 34.9 Å². The minimum Gasteiger partial charge on any atom is -0.493 e. The standard InChI is InChI=1S/C20H29N3O3S.HI/c1-14(9-16-7-6-8-27-16)12-22-20(21-2)23-13-15-10-17(24-3)19(26-5)18(11-15)25-4;/h6-8,10-11,14H,9,12-13H2,1-5H3,(H2,21,22,23);1H. The van der Waals surface area contributed by atoms with Gasteiger partial charge in [0.2, 0.25) is 5.75 Å². The lowest BCUT2D eigenvalue weighted by molar-refractivity contribution is 0.323. The zero-order valence-corrected chi connectivity index (χ0v) is 20.2. The van der Waals surface area contributed by atoms with Crippen LogP contribution in [-0.2, 0) is 13.0 Å². The van der Waals surface area contributed by atoms with Crippen LogP contribution in [0.4, 0.5) is 0 Å². The van der Waals surface area contributed by atoms with Crippen molar-refractivity contribution in [2.45, 2.75) is 19.9 Å². The quantitative estimate of drug-likeness (QED) is 0.299. The molecule has 6 nitrogen and oxygen atoms in total. The van der Waals surface area contributed by atoms with Crippen LogP contribution in [0.5, 0.6) is 17.2 Å². The van der Waals surface area contributed by atoms with Crippen molar-refractivity contribution in [3.05, 3.63) is 40.1 Å². The van der Waals surface area contributed by atoms with Crippen LogP contribution < -0.4 is 24.8 Å². The molecule has 1 atom stereocenters. The highest BCUT2D eigenvalue weighted by Gasteiger charge is 2.13. The number of hydrogen-bond acceptors (Lipinski definition) is 5. The maximum Gasteiger partial charge on any atom is 0.203 e. The largest absolute Gasteiger partial charge is 0.493 e. The number of hydrogen-bond donors (Lipinski definition) is 2. The fourth-order valence-electron chi connectivity index (χ4n) is 2.76. The summed E-state index contributed by atoms with van der Waals surface area (Å²) in [6.07, 6.45) is 1.06. The van der Waals surface area contributed by atoms with Gasteiger partial charge >= 0.3 is 0 Å². The fraction of sp³-hybridized carbons (Fsp3) is 0.450. The number of thiophene rings is 1. The smallest absolute Gasteiger partial charge is 0.203 e. The minimum atomic E-state index is 0. The number of halogens is 1. The van der Waals surface area contributed by atoms with Gasteiger partial charge in [-0.25, -0.2) is 0 Å². The van der Waals surface area contributed by atoms with Crippen molar-refractivity contribution in [2.24, 2.45) is 10.9 Å². The summed E-state index contributed by atoms with van der Waals surface area (Å²) in [6.45, 7) is 3.68. The van der Waals surface area contributed by atoms with Crippen LogP contribution in [0.25, 0.3) is 0 Å². The third-order valence-electron chi connectivity index (χ3n) is 4.16. The molecule has 0 fully saturated rings. The van der Waals surface area contributed by atoms with E-state index in [1.54, 1.807) is 39.7 Å². The molecule has 1 aromatic carbocycles. The van der Waals surface area contributed by atoms with Crippen LogP contribution in [0.3, 0.4) is 0 Å². The highest BCUT2D eigenvalue weighted by atomic mass is 127. The SMILES string of the molecule is CN=C(NCc1cc(OC)c(OC)c(OC)c1)NCC(C)Cc1cccs1.I. The molecular weight excluding hydrogens is 489 g/mol. The summed E-state index contributed by atoms with van der Waals surface area (Å²) in [5.41, 5.74) is 1.01. The van der Waals surface area contributed by atoms with Gasteiger partial charge in [-0.15, -0.1) is 35.3 Å². The van der Waals surface area contributed by atoms with E-state index in [0.29, 0.717) is 29.7 Å². The number of rotatable bonds is 9. The molecule has 1 aromatic heterocycles. The van der Waals surface area contributed by atoms with Crippen molar-refractivity contribution in [3.8, 4) is 17.2 Å². The van der Waals surface area contributed by atoms with E-state index in [1.165, 1.54) is 4.88 Å². The van der Waals surface area contributed by atoms with Crippen molar-refractivity contribution in [3.63, 3.8) is 0 Å². The zero-order chi connectivity index (χ0) is 19.6. The molecule has 0 spiro atoms. The molecule has 0 aliphatic carbocycles. The predicted molar refractivity (Wildman–Crippen MR) is 127 cm³/mol. The van der Waals surface area contributed by atoms with E-state index < -0.39 is 0 Å². The van der Waals surface area contributed by atoms with Gasteiger partial charge < -0.3 is 24.8 Å². The summed E-state index contributed by atoms with van der Waals surface area (Å²) in [6, 6.07) is 8.14. The van der Waals surface area contributed by atoms with Gasteiger partial charge in [0.1, 0.15) is 0 Å². The first-order chi connectivity index (χ1) is 13.1. The Kier molecular flexibility index (Phi) is 11.1. The highest BCUT2D eigenvalue weighted by Crippen LogP contribution is 2.38. The number of ether oxygens (including phenoxy) is 3. The van der Waals surface area contributed by atoms with Crippen LogP contribution in [0.1, 0.15) is 17.4 Å². The van der Waals surface area contributed by atoms with Gasteiger partial charge in [-0.2, -0.15) is 0 Å². The van der Waals surface area contributed by atoms with Crippen molar-refractivity contribution in [1.29, 1.82) is 0 Å². The first kappa shape index (κ1) is 24.4. The van der Waals surface area contributed by atoms with E-state index in [4.69, 9.17) is 14.2 Å². The highest BCUT2D eigenvalue weighted by molar-refractivity contribution is 14.0. The molecule has 0 saturated heterocycles. The van der Waals surface area contributed by atoms with E-state index in [0.717, 1.165) is 24.5 Å². The molecule has 0 amide bonds. The molecule has 0 saturated carbocycles. The topological polar surface area (TPSA) is 64.1 Å². The van der Waals surface area contributed by atoms with E-state index in [9.17, 15) is 0 Å². The molecule has 2 N–H and O–H groups in total. The second-order valence-electron chi connectivity index (χ2n) is 6.23. The Morgan fingerprint density at radius 3 is 2.29 bits per heavy atom. The van der Waals surface area contributed by atoms with Gasteiger partial charge in [-0.1, -0.05) is 13.0 Å². The minimum absolute atomic E-state index is 0. The lowest BCUT2D eigenvalue weighted by Crippen LogP contribution is -2.39. The average Bonchev–Trinajstić information content (AvgIpc) is 3.19. The second-order valence-corrected chi connectivity index (χ2v) is 7.26. The van der Waals surface area contributed by atoms with Crippen molar-refractivity contribution in [1.82, 2.24) is 10.6 Å². The molecule has 2 aromatic rings. The molecule has 0 aliphatic heterocycles. The number of aliphatic imine (C=N–C) groups is 1. The van der Waals surface area contributed by atoms with Gasteiger partial charge in [0.05, 0.1) is 21.3 Å². The molecule has 1 unspecified atom stereocenters. The molecule has 0 bridgehead atoms. The van der Waals surface area contributed by atoms with E-state index >= 15 is 0 Å². The van der Waals surface area contributed by atoms with Gasteiger partial charge in [-0.3, -0.25) is 4.99 Å². The fourth-order valence-corrected chi connectivity index (χ4v) is 3.63. The van der Waals surface area contributed by atoms with E-state index in [2.05, 4.69) is 40.1 Å². The summed E-state index contributed by atoms with van der Waals surface area (Å²) in [5, 5.41) is 8.84. The molecule has 0 radical (unpaired) electrons. The van der Waals surface area contributed by atoms with Crippen LogP contribution in [0, 0.1) is 5.92 Å². The lowest BCUT2D eigenvalue weighted by atomic mass is 10.1. The number of methoxy groups -OCH3 is 3. The monoisotopic (exact) mass is 519 g/mol. The predicted octanol–water partition coefficient (Wildman–Crippen LogP) is 3.94. The molecule has 2 rings (SSSR count). The number of nitrogens with one attached hydrogen (secondary N) is 2.